The lowest BCUT2D eigenvalue weighted by Gasteiger charge is -1.94. The van der Waals surface area contributed by atoms with Gasteiger partial charge < -0.3 is 5.32 Å². The molecule has 1 aromatic rings. The SMILES string of the molecule is CC(=O)NCC(=O)C#Cc1ccccc1. The minimum atomic E-state index is -0.297. The molecule has 0 saturated carbocycles. The van der Waals surface area contributed by atoms with Crippen LogP contribution in [-0.2, 0) is 9.59 Å². The molecular formula is C12H11NO2. The van der Waals surface area contributed by atoms with Crippen molar-refractivity contribution in [3.05, 3.63) is 35.9 Å². The van der Waals surface area contributed by atoms with E-state index in [1.807, 2.05) is 30.3 Å². The average molecular weight is 201 g/mol. The van der Waals surface area contributed by atoms with Gasteiger partial charge in [0.05, 0.1) is 6.54 Å². The zero-order valence-electron chi connectivity index (χ0n) is 8.41. The van der Waals surface area contributed by atoms with E-state index in [0.29, 0.717) is 0 Å². The van der Waals surface area contributed by atoms with Crippen molar-refractivity contribution in [1.82, 2.24) is 5.32 Å². The molecule has 0 aliphatic heterocycles. The van der Waals surface area contributed by atoms with Crippen molar-refractivity contribution >= 4 is 11.7 Å². The normalized spacial score (nSPS) is 8.60. The van der Waals surface area contributed by atoms with Crippen LogP contribution in [0.1, 0.15) is 12.5 Å². The smallest absolute Gasteiger partial charge is 0.224 e. The van der Waals surface area contributed by atoms with E-state index in [1.54, 1.807) is 0 Å². The summed E-state index contributed by atoms with van der Waals surface area (Å²) >= 11 is 0. The highest BCUT2D eigenvalue weighted by Gasteiger charge is 1.96. The van der Waals surface area contributed by atoms with Crippen LogP contribution in [0.4, 0.5) is 0 Å². The summed E-state index contributed by atoms with van der Waals surface area (Å²) in [7, 11) is 0. The number of benzene rings is 1. The Hall–Kier alpha value is -2.08. The van der Waals surface area contributed by atoms with Crippen LogP contribution in [0, 0.1) is 11.8 Å². The maximum atomic E-state index is 11.1. The Morgan fingerprint density at radius 2 is 1.93 bits per heavy atom. The second-order valence-corrected chi connectivity index (χ2v) is 2.95. The first-order chi connectivity index (χ1) is 7.18. The fraction of sp³-hybridized carbons (Fsp3) is 0.167. The van der Waals surface area contributed by atoms with Gasteiger partial charge in [0.1, 0.15) is 0 Å². The Kier molecular flexibility index (Phi) is 4.11. The lowest BCUT2D eigenvalue weighted by molar-refractivity contribution is -0.121. The van der Waals surface area contributed by atoms with Gasteiger partial charge in [0.2, 0.25) is 11.7 Å². The molecule has 0 aromatic heterocycles. The van der Waals surface area contributed by atoms with Crippen molar-refractivity contribution in [2.45, 2.75) is 6.92 Å². The third-order valence-corrected chi connectivity index (χ3v) is 1.62. The molecule has 0 atom stereocenters. The third kappa shape index (κ3) is 4.63. The van der Waals surface area contributed by atoms with Crippen LogP contribution in [0.5, 0.6) is 0 Å². The van der Waals surface area contributed by atoms with E-state index in [9.17, 15) is 9.59 Å². The van der Waals surface area contributed by atoms with Gasteiger partial charge in [-0.2, -0.15) is 0 Å². The fourth-order valence-corrected chi connectivity index (χ4v) is 0.912. The summed E-state index contributed by atoms with van der Waals surface area (Å²) in [6.45, 7) is 1.33. The lowest BCUT2D eigenvalue weighted by atomic mass is 10.2. The average Bonchev–Trinajstić information content (AvgIpc) is 2.25. The van der Waals surface area contributed by atoms with E-state index in [2.05, 4.69) is 17.2 Å². The number of rotatable bonds is 2. The molecule has 0 fully saturated rings. The minimum Gasteiger partial charge on any atom is -0.348 e. The molecule has 1 amide bonds. The van der Waals surface area contributed by atoms with E-state index in [4.69, 9.17) is 0 Å². The summed E-state index contributed by atoms with van der Waals surface area (Å²) in [4.78, 5) is 21.6. The van der Waals surface area contributed by atoms with E-state index in [1.165, 1.54) is 6.92 Å². The molecule has 0 bridgehead atoms. The van der Waals surface area contributed by atoms with Crippen molar-refractivity contribution in [1.29, 1.82) is 0 Å². The molecule has 76 valence electrons. The van der Waals surface area contributed by atoms with E-state index in [0.717, 1.165) is 5.56 Å². The number of hydrogen-bond donors (Lipinski definition) is 1. The molecule has 0 saturated heterocycles. The fourth-order valence-electron chi connectivity index (χ4n) is 0.912. The van der Waals surface area contributed by atoms with Crippen molar-refractivity contribution < 1.29 is 9.59 Å². The third-order valence-electron chi connectivity index (χ3n) is 1.62. The zero-order chi connectivity index (χ0) is 11.1. The van der Waals surface area contributed by atoms with Gasteiger partial charge in [-0.3, -0.25) is 9.59 Å². The maximum Gasteiger partial charge on any atom is 0.224 e. The predicted octanol–water partition coefficient (Wildman–Crippen LogP) is 0.743. The molecule has 0 spiro atoms. The quantitative estimate of drug-likeness (QED) is 0.717. The van der Waals surface area contributed by atoms with Crippen LogP contribution in [0.25, 0.3) is 0 Å². The maximum absolute atomic E-state index is 11.1. The van der Waals surface area contributed by atoms with Gasteiger partial charge in [0, 0.05) is 12.5 Å². The van der Waals surface area contributed by atoms with Crippen LogP contribution in [-0.4, -0.2) is 18.2 Å². The number of Topliss-reactive ketones (excluding diaryl/α,β-unsaturated/α-hetero) is 1. The lowest BCUT2D eigenvalue weighted by Crippen LogP contribution is -2.26. The van der Waals surface area contributed by atoms with Crippen molar-refractivity contribution in [2.75, 3.05) is 6.54 Å². The van der Waals surface area contributed by atoms with Crippen molar-refractivity contribution in [3.63, 3.8) is 0 Å². The Balaban J connectivity index is 2.51. The summed E-state index contributed by atoms with van der Waals surface area (Å²) in [5.41, 5.74) is 0.786. The molecule has 15 heavy (non-hydrogen) atoms. The Labute approximate surface area is 88.5 Å². The van der Waals surface area contributed by atoms with E-state index >= 15 is 0 Å². The van der Waals surface area contributed by atoms with Crippen LogP contribution in [0.2, 0.25) is 0 Å². The highest BCUT2D eigenvalue weighted by Crippen LogP contribution is 1.94. The molecule has 3 heteroatoms. The van der Waals surface area contributed by atoms with E-state index < -0.39 is 0 Å². The summed E-state index contributed by atoms with van der Waals surface area (Å²) in [6.07, 6.45) is 0. The predicted molar refractivity (Wildman–Crippen MR) is 57.0 cm³/mol. The number of carbonyl (C=O) groups is 2. The van der Waals surface area contributed by atoms with E-state index in [-0.39, 0.29) is 18.2 Å². The topological polar surface area (TPSA) is 46.2 Å². The second-order valence-electron chi connectivity index (χ2n) is 2.95. The molecule has 0 unspecified atom stereocenters. The molecule has 0 heterocycles. The Bertz CT molecular complexity index is 412. The van der Waals surface area contributed by atoms with Gasteiger partial charge in [-0.1, -0.05) is 24.1 Å². The van der Waals surface area contributed by atoms with Crippen LogP contribution in [0.15, 0.2) is 30.3 Å². The van der Waals surface area contributed by atoms with Gasteiger partial charge in [-0.25, -0.2) is 0 Å². The number of hydrogen-bond acceptors (Lipinski definition) is 2. The molecule has 3 nitrogen and oxygen atoms in total. The highest BCUT2D eigenvalue weighted by molar-refractivity contribution is 5.99. The van der Waals surface area contributed by atoms with Crippen LogP contribution < -0.4 is 5.32 Å². The van der Waals surface area contributed by atoms with Gasteiger partial charge in [0.25, 0.3) is 0 Å². The van der Waals surface area contributed by atoms with Crippen LogP contribution in [0.3, 0.4) is 0 Å². The van der Waals surface area contributed by atoms with Gasteiger partial charge in [0.15, 0.2) is 0 Å². The number of nitrogens with one attached hydrogen (secondary N) is 1. The first-order valence-electron chi connectivity index (χ1n) is 4.53. The molecule has 1 rings (SSSR count). The standard InChI is InChI=1S/C12H11NO2/c1-10(14)13-9-12(15)8-7-11-5-3-2-4-6-11/h2-6H,9H2,1H3,(H,13,14). The monoisotopic (exact) mass is 201 g/mol. The zero-order valence-corrected chi connectivity index (χ0v) is 8.41. The van der Waals surface area contributed by atoms with Gasteiger partial charge in [-0.15, -0.1) is 0 Å². The number of amides is 1. The van der Waals surface area contributed by atoms with Crippen molar-refractivity contribution in [2.24, 2.45) is 0 Å². The highest BCUT2D eigenvalue weighted by atomic mass is 16.2. The molecule has 1 N–H and O–H groups in total. The molecule has 1 aromatic carbocycles. The second kappa shape index (κ2) is 5.61. The Morgan fingerprint density at radius 3 is 2.53 bits per heavy atom. The molecule has 0 radical (unpaired) electrons. The van der Waals surface area contributed by atoms with Crippen molar-refractivity contribution in [3.8, 4) is 11.8 Å². The number of ketones is 1. The van der Waals surface area contributed by atoms with Crippen LogP contribution >= 0.6 is 0 Å². The minimum absolute atomic E-state index is 0.0326. The summed E-state index contributed by atoms with van der Waals surface area (Å²) < 4.78 is 0. The molecule has 0 aliphatic carbocycles. The summed E-state index contributed by atoms with van der Waals surface area (Å²) in [6, 6.07) is 9.21. The molecule has 0 aliphatic rings. The summed E-state index contributed by atoms with van der Waals surface area (Å²) in [5, 5.41) is 2.39. The molecular weight excluding hydrogens is 190 g/mol. The van der Waals surface area contributed by atoms with Gasteiger partial charge >= 0.3 is 0 Å². The Morgan fingerprint density at radius 1 is 1.27 bits per heavy atom. The first-order valence-corrected chi connectivity index (χ1v) is 4.53. The largest absolute Gasteiger partial charge is 0.348 e. The summed E-state index contributed by atoms with van der Waals surface area (Å²) in [5.74, 6) is 4.64. The number of carbonyl (C=O) groups excluding carboxylic acids is 2. The first kappa shape index (κ1) is 11.0. The van der Waals surface area contributed by atoms with Gasteiger partial charge in [-0.05, 0) is 18.1 Å².